The van der Waals surface area contributed by atoms with Gasteiger partial charge in [-0.1, -0.05) is 23.2 Å². The minimum Gasteiger partial charge on any atom is -0.389 e. The van der Waals surface area contributed by atoms with Crippen molar-refractivity contribution in [3.63, 3.8) is 0 Å². The van der Waals surface area contributed by atoms with E-state index in [0.717, 1.165) is 27.5 Å². The number of hydrogen-bond donors (Lipinski definition) is 1. The molecule has 0 bridgehead atoms. The summed E-state index contributed by atoms with van der Waals surface area (Å²) in [6, 6.07) is 13.1. The van der Waals surface area contributed by atoms with Gasteiger partial charge in [0.1, 0.15) is 0 Å². The molecule has 0 saturated carbocycles. The third-order valence-corrected chi connectivity index (χ3v) is 5.39. The van der Waals surface area contributed by atoms with Crippen LogP contribution in [0.25, 0.3) is 21.8 Å². The minimum atomic E-state index is -0.772. The molecule has 144 valence electrons. The van der Waals surface area contributed by atoms with E-state index in [1.54, 1.807) is 6.92 Å². The van der Waals surface area contributed by atoms with Gasteiger partial charge in [0, 0.05) is 43.2 Å². The fraction of sp³-hybridized carbons (Fsp3) is 0.238. The fourth-order valence-electron chi connectivity index (χ4n) is 3.72. The summed E-state index contributed by atoms with van der Waals surface area (Å²) in [5.74, 6) is 0. The van der Waals surface area contributed by atoms with Crippen molar-refractivity contribution >= 4 is 45.0 Å². The lowest BCUT2D eigenvalue weighted by Crippen LogP contribution is -2.32. The number of aliphatic hydroxyl groups excluding tert-OH is 1. The Hall–Kier alpha value is -2.34. The molecule has 2 aromatic heterocycles. The van der Waals surface area contributed by atoms with E-state index in [2.05, 4.69) is 4.98 Å². The first-order valence-corrected chi connectivity index (χ1v) is 9.69. The predicted octanol–water partition coefficient (Wildman–Crippen LogP) is 4.34. The molecule has 5 nitrogen and oxygen atoms in total. The summed E-state index contributed by atoms with van der Waals surface area (Å²) in [4.78, 5) is 16.2. The summed E-state index contributed by atoms with van der Waals surface area (Å²) in [5, 5.41) is 14.0. The van der Waals surface area contributed by atoms with Gasteiger partial charge in [-0.3, -0.25) is 4.57 Å². The SMILES string of the molecule is Cc1cc(C)n(C[C@@H](O)Cn2c3ccc(Cl)cc3c3cc(Cl)ccc32)c(=O)n1. The Labute approximate surface area is 171 Å². The van der Waals surface area contributed by atoms with E-state index in [1.165, 1.54) is 4.57 Å². The van der Waals surface area contributed by atoms with Crippen LogP contribution in [0.15, 0.2) is 47.3 Å². The maximum absolute atomic E-state index is 12.2. The van der Waals surface area contributed by atoms with Crippen LogP contribution in [-0.2, 0) is 13.1 Å². The van der Waals surface area contributed by atoms with Crippen molar-refractivity contribution in [2.24, 2.45) is 0 Å². The maximum Gasteiger partial charge on any atom is 0.348 e. The van der Waals surface area contributed by atoms with Crippen LogP contribution < -0.4 is 5.69 Å². The summed E-state index contributed by atoms with van der Waals surface area (Å²) < 4.78 is 3.53. The second-order valence-corrected chi connectivity index (χ2v) is 7.89. The number of nitrogens with zero attached hydrogens (tertiary/aromatic N) is 3. The lowest BCUT2D eigenvalue weighted by Gasteiger charge is -2.17. The fourth-order valence-corrected chi connectivity index (χ4v) is 4.07. The summed E-state index contributed by atoms with van der Waals surface area (Å²) in [6.07, 6.45) is -0.772. The average Bonchev–Trinajstić information content (AvgIpc) is 2.90. The van der Waals surface area contributed by atoms with Crippen molar-refractivity contribution in [3.05, 3.63) is 74.4 Å². The van der Waals surface area contributed by atoms with Gasteiger partial charge in [-0.2, -0.15) is 4.98 Å². The van der Waals surface area contributed by atoms with Crippen molar-refractivity contribution < 1.29 is 5.11 Å². The molecule has 0 amide bonds. The van der Waals surface area contributed by atoms with E-state index in [9.17, 15) is 9.90 Å². The Balaban J connectivity index is 1.76. The minimum absolute atomic E-state index is 0.167. The topological polar surface area (TPSA) is 60.0 Å². The molecule has 4 aromatic rings. The molecule has 2 aromatic carbocycles. The van der Waals surface area contributed by atoms with Crippen LogP contribution in [0.2, 0.25) is 10.0 Å². The number of benzene rings is 2. The van der Waals surface area contributed by atoms with Crippen LogP contribution in [0.4, 0.5) is 0 Å². The highest BCUT2D eigenvalue weighted by Gasteiger charge is 2.16. The number of rotatable bonds is 4. The standard InChI is InChI=1S/C21H19Cl2N3O2/c1-12-7-13(2)25(21(28)24-12)10-16(27)11-26-19-5-3-14(22)8-17(19)18-9-15(23)4-6-20(18)26/h3-9,16,27H,10-11H2,1-2H3/t16-/m1/s1. The van der Waals surface area contributed by atoms with Gasteiger partial charge in [0.25, 0.3) is 0 Å². The number of halogens is 2. The van der Waals surface area contributed by atoms with Gasteiger partial charge in [-0.05, 0) is 56.3 Å². The Kier molecular flexibility index (Phi) is 4.91. The lowest BCUT2D eigenvalue weighted by atomic mass is 10.1. The molecule has 0 aliphatic heterocycles. The van der Waals surface area contributed by atoms with E-state index in [0.29, 0.717) is 22.3 Å². The van der Waals surface area contributed by atoms with Gasteiger partial charge in [0.05, 0.1) is 19.2 Å². The van der Waals surface area contributed by atoms with Crippen molar-refractivity contribution in [3.8, 4) is 0 Å². The van der Waals surface area contributed by atoms with Gasteiger partial charge in [-0.15, -0.1) is 0 Å². The number of fused-ring (bicyclic) bond motifs is 3. The van der Waals surface area contributed by atoms with E-state index in [1.807, 2.05) is 54.0 Å². The summed E-state index contributed by atoms with van der Waals surface area (Å²) in [7, 11) is 0. The number of aliphatic hydroxyl groups is 1. The summed E-state index contributed by atoms with van der Waals surface area (Å²) in [5.41, 5.74) is 3.00. The molecule has 28 heavy (non-hydrogen) atoms. The van der Waals surface area contributed by atoms with Crippen LogP contribution in [-0.4, -0.2) is 25.3 Å². The van der Waals surface area contributed by atoms with Crippen LogP contribution in [0, 0.1) is 13.8 Å². The van der Waals surface area contributed by atoms with Crippen LogP contribution >= 0.6 is 23.2 Å². The monoisotopic (exact) mass is 415 g/mol. The molecule has 0 aliphatic rings. The zero-order valence-corrected chi connectivity index (χ0v) is 17.0. The molecule has 2 heterocycles. The highest BCUT2D eigenvalue weighted by molar-refractivity contribution is 6.33. The third kappa shape index (κ3) is 3.41. The summed E-state index contributed by atoms with van der Waals surface area (Å²) in [6.45, 7) is 4.11. The van der Waals surface area contributed by atoms with Gasteiger partial charge in [0.15, 0.2) is 0 Å². The van der Waals surface area contributed by atoms with Crippen molar-refractivity contribution in [2.75, 3.05) is 0 Å². The van der Waals surface area contributed by atoms with E-state index in [4.69, 9.17) is 23.2 Å². The Bertz CT molecular complexity index is 1200. The predicted molar refractivity (Wildman–Crippen MR) is 113 cm³/mol. The molecule has 1 N–H and O–H groups in total. The number of aryl methyl sites for hydroxylation is 2. The third-order valence-electron chi connectivity index (χ3n) is 4.92. The lowest BCUT2D eigenvalue weighted by molar-refractivity contribution is 0.134. The first kappa shape index (κ1) is 19.0. The molecule has 0 aliphatic carbocycles. The Morgan fingerprint density at radius 1 is 0.929 bits per heavy atom. The largest absolute Gasteiger partial charge is 0.389 e. The molecule has 0 fully saturated rings. The summed E-state index contributed by atoms with van der Waals surface area (Å²) >= 11 is 12.4. The average molecular weight is 416 g/mol. The van der Waals surface area contributed by atoms with Crippen molar-refractivity contribution in [2.45, 2.75) is 33.0 Å². The van der Waals surface area contributed by atoms with Gasteiger partial charge >= 0.3 is 5.69 Å². The van der Waals surface area contributed by atoms with E-state index >= 15 is 0 Å². The Morgan fingerprint density at radius 3 is 2.00 bits per heavy atom. The van der Waals surface area contributed by atoms with E-state index < -0.39 is 6.10 Å². The van der Waals surface area contributed by atoms with Gasteiger partial charge in [0.2, 0.25) is 0 Å². The van der Waals surface area contributed by atoms with Crippen molar-refractivity contribution in [1.29, 1.82) is 0 Å². The highest BCUT2D eigenvalue weighted by atomic mass is 35.5. The second kappa shape index (κ2) is 7.24. The highest BCUT2D eigenvalue weighted by Crippen LogP contribution is 2.33. The molecule has 0 spiro atoms. The molecule has 0 radical (unpaired) electrons. The van der Waals surface area contributed by atoms with Gasteiger partial charge < -0.3 is 9.67 Å². The smallest absolute Gasteiger partial charge is 0.348 e. The van der Waals surface area contributed by atoms with Crippen LogP contribution in [0.1, 0.15) is 11.4 Å². The molecule has 0 saturated heterocycles. The van der Waals surface area contributed by atoms with Crippen molar-refractivity contribution in [1.82, 2.24) is 14.1 Å². The number of aromatic nitrogens is 3. The molecule has 4 rings (SSSR count). The first-order valence-electron chi connectivity index (χ1n) is 8.93. The molecular weight excluding hydrogens is 397 g/mol. The Morgan fingerprint density at radius 2 is 1.46 bits per heavy atom. The first-order chi connectivity index (χ1) is 13.3. The van der Waals surface area contributed by atoms with Crippen LogP contribution in [0.3, 0.4) is 0 Å². The molecule has 0 unspecified atom stereocenters. The quantitative estimate of drug-likeness (QED) is 0.539. The second-order valence-electron chi connectivity index (χ2n) is 7.02. The molecule has 1 atom stereocenters. The van der Waals surface area contributed by atoms with Gasteiger partial charge in [-0.25, -0.2) is 4.79 Å². The van der Waals surface area contributed by atoms with E-state index in [-0.39, 0.29) is 12.2 Å². The number of hydrogen-bond acceptors (Lipinski definition) is 3. The molecule has 7 heteroatoms. The zero-order chi connectivity index (χ0) is 20.0. The zero-order valence-electron chi connectivity index (χ0n) is 15.5. The van der Waals surface area contributed by atoms with Crippen LogP contribution in [0.5, 0.6) is 0 Å². The normalized spacial score (nSPS) is 12.8. The molecular formula is C21H19Cl2N3O2. The maximum atomic E-state index is 12.2.